The zero-order valence-corrected chi connectivity index (χ0v) is 43.0. The molecule has 0 spiro atoms. The van der Waals surface area contributed by atoms with Gasteiger partial charge in [0.15, 0.2) is 18.2 Å². The monoisotopic (exact) mass is 1200 g/mol. The van der Waals surface area contributed by atoms with Crippen molar-refractivity contribution in [1.82, 2.24) is 20.0 Å². The van der Waals surface area contributed by atoms with E-state index >= 15 is 0 Å². The zero-order valence-electron chi connectivity index (χ0n) is 39.8. The maximum Gasteiger partial charge on any atom is 0.388 e. The van der Waals surface area contributed by atoms with E-state index in [0.717, 1.165) is 35.9 Å². The lowest BCUT2D eigenvalue weighted by molar-refractivity contribution is -0.136. The number of aliphatic carboxylic acids is 1. The van der Waals surface area contributed by atoms with Crippen molar-refractivity contribution in [3.8, 4) is 35.6 Å². The van der Waals surface area contributed by atoms with Gasteiger partial charge in [0.05, 0.1) is 59.5 Å². The van der Waals surface area contributed by atoms with E-state index in [1.54, 1.807) is 5.32 Å². The summed E-state index contributed by atoms with van der Waals surface area (Å²) in [5, 5.41) is 29.9. The first-order valence-electron chi connectivity index (χ1n) is 21.5. The van der Waals surface area contributed by atoms with Gasteiger partial charge in [0.25, 0.3) is 27.7 Å². The highest BCUT2D eigenvalue weighted by Crippen LogP contribution is 2.42. The molecule has 3 aromatic carbocycles. The molecule has 0 unspecified atom stereocenters. The quantitative estimate of drug-likeness (QED) is 0.0305. The molecule has 1 aliphatic carbocycles. The van der Waals surface area contributed by atoms with Gasteiger partial charge in [-0.1, -0.05) is 41.3 Å². The van der Waals surface area contributed by atoms with E-state index in [4.69, 9.17) is 64.2 Å². The number of methoxy groups -OCH3 is 1. The average Bonchev–Trinajstić information content (AvgIpc) is 3.78. The Balaban J connectivity index is 0.000000247. The number of alkyl halides is 4. The topological polar surface area (TPSA) is 377 Å². The second-order valence-electron chi connectivity index (χ2n) is 15.2. The fourth-order valence-corrected chi connectivity index (χ4v) is 8.77. The minimum atomic E-state index is -4.71. The number of carbonyl (C=O) groups excluding carboxylic acids is 4. The number of terminal acetylenes is 1. The molecule has 0 saturated heterocycles. The van der Waals surface area contributed by atoms with E-state index in [-0.39, 0.29) is 57.5 Å². The molecule has 424 valence electrons. The van der Waals surface area contributed by atoms with Crippen molar-refractivity contribution in [3.05, 3.63) is 92.7 Å². The van der Waals surface area contributed by atoms with Crippen LogP contribution in [0.25, 0.3) is 0 Å². The molecular formula is C44H39Cl2F5N7O19PS. The van der Waals surface area contributed by atoms with Crippen molar-refractivity contribution in [3.63, 3.8) is 0 Å². The lowest BCUT2D eigenvalue weighted by atomic mass is 9.93. The van der Waals surface area contributed by atoms with E-state index in [1.807, 2.05) is 0 Å². The molecule has 5 amide bonds. The number of hydrogen-bond acceptors (Lipinski definition) is 17. The predicted octanol–water partition coefficient (Wildman–Crippen LogP) is 5.31. The van der Waals surface area contributed by atoms with E-state index in [0.29, 0.717) is 30.1 Å². The molecule has 1 aromatic heterocycles. The molecule has 0 bridgehead atoms. The molecular weight excluding hydrogens is 1160 g/mol. The number of urea groups is 1. The number of amides is 5. The van der Waals surface area contributed by atoms with E-state index in [9.17, 15) is 68.5 Å². The van der Waals surface area contributed by atoms with E-state index in [2.05, 4.69) is 30.7 Å². The normalized spacial score (nSPS) is 13.7. The molecule has 35 heteroatoms. The summed E-state index contributed by atoms with van der Waals surface area (Å²) in [6.45, 7) is -7.52. The van der Waals surface area contributed by atoms with Crippen LogP contribution in [-0.2, 0) is 33.8 Å². The lowest BCUT2D eigenvalue weighted by Gasteiger charge is -2.29. The third-order valence-corrected chi connectivity index (χ3v) is 12.5. The first-order valence-corrected chi connectivity index (χ1v) is 25.5. The molecule has 3 heterocycles. The highest BCUT2D eigenvalue weighted by molar-refractivity contribution is 7.90. The summed E-state index contributed by atoms with van der Waals surface area (Å²) >= 11 is 11.4. The van der Waals surface area contributed by atoms with Crippen LogP contribution in [0.4, 0.5) is 44.1 Å². The summed E-state index contributed by atoms with van der Waals surface area (Å²) in [4.78, 5) is 105. The Bertz CT molecular complexity index is 3220. The van der Waals surface area contributed by atoms with Gasteiger partial charge in [0.1, 0.15) is 16.2 Å². The first-order chi connectivity index (χ1) is 37.0. The molecule has 0 atom stereocenters. The fourth-order valence-electron chi connectivity index (χ4n) is 6.79. The van der Waals surface area contributed by atoms with Crippen LogP contribution in [0.2, 0.25) is 10.0 Å². The van der Waals surface area contributed by atoms with Crippen molar-refractivity contribution >= 4 is 99.8 Å². The number of carboxylic acids is 3. The Hall–Kier alpha value is -8.18. The Morgan fingerprint density at radius 3 is 1.94 bits per heavy atom. The summed E-state index contributed by atoms with van der Waals surface area (Å²) < 4.78 is 118. The van der Waals surface area contributed by atoms with Gasteiger partial charge in [0.2, 0.25) is 17.7 Å². The number of ether oxygens (including phenoxy) is 4. The molecule has 0 saturated carbocycles. The number of aromatic nitrogens is 2. The second-order valence-corrected chi connectivity index (χ2v) is 19.3. The van der Waals surface area contributed by atoms with Crippen LogP contribution in [0.5, 0.6) is 23.3 Å². The standard InChI is InChI=1S/C19H15FN2O4.C14H10F4N4O7S.C8H6Cl2O3.C3H8NO5P/c1-2-7-21-15-9-14(13(20)8-16(15)26-10-17(21)23)22-18(24)11-5-3-4-6-12(11)19(22)25;15-11(16)28-8-5-9(29-12(17)18)20-13(19-8)21-14(25)22-30(26,27)7-4-2-1-3-6(7)10(23)24;1-13-7-5(10)3-2-4(9)6(7)8(11)12;5-3(6)1-4-2-10(7,8)9/h1,8-9H,3-7,10H2;1-5,11-12H,(H,23,24)(H2,19,20,21,22,25);2-3H,1H3,(H,11,12);4H,1-2H2,(H,5,6)(H2,7,8,9). The third kappa shape index (κ3) is 17.7. The van der Waals surface area contributed by atoms with Gasteiger partial charge in [-0.25, -0.2) is 36.8 Å². The number of carboxylic acid groups (broad SMARTS) is 3. The average molecular weight is 1200 g/mol. The third-order valence-electron chi connectivity index (χ3n) is 9.88. The number of anilines is 3. The summed E-state index contributed by atoms with van der Waals surface area (Å²) in [7, 11) is -7.47. The van der Waals surface area contributed by atoms with Gasteiger partial charge in [-0.2, -0.15) is 27.5 Å². The first kappa shape index (κ1) is 63.4. The van der Waals surface area contributed by atoms with Crippen molar-refractivity contribution in [2.75, 3.05) is 48.2 Å². The Morgan fingerprint density at radius 1 is 0.873 bits per heavy atom. The van der Waals surface area contributed by atoms with Gasteiger partial charge in [0, 0.05) is 17.2 Å². The largest absolute Gasteiger partial charge is 0.494 e. The fraction of sp³-hybridized carbons (Fsp3) is 0.250. The summed E-state index contributed by atoms with van der Waals surface area (Å²) in [5.74, 6) is -6.27. The van der Waals surface area contributed by atoms with Crippen LogP contribution in [0, 0.1) is 18.2 Å². The number of halogens is 7. The number of nitrogens with one attached hydrogen (secondary N) is 3. The molecule has 26 nitrogen and oxygen atoms in total. The lowest BCUT2D eigenvalue weighted by Crippen LogP contribution is -2.39. The molecule has 8 N–H and O–H groups in total. The summed E-state index contributed by atoms with van der Waals surface area (Å²) in [5.41, 5.74) is 0.234. The Morgan fingerprint density at radius 2 is 1.44 bits per heavy atom. The maximum atomic E-state index is 14.7. The number of nitrogens with zero attached hydrogens (tertiary/aromatic N) is 4. The number of rotatable bonds is 16. The second kappa shape index (κ2) is 27.9. The molecule has 3 aliphatic rings. The number of benzene rings is 3. The molecule has 0 radical (unpaired) electrons. The van der Waals surface area contributed by atoms with E-state index in [1.165, 1.54) is 47.1 Å². The van der Waals surface area contributed by atoms with Crippen LogP contribution in [0.3, 0.4) is 0 Å². The number of carbonyl (C=O) groups is 7. The van der Waals surface area contributed by atoms with Crippen molar-refractivity contribution in [2.45, 2.75) is 43.8 Å². The van der Waals surface area contributed by atoms with Gasteiger partial charge >= 0.3 is 44.8 Å². The summed E-state index contributed by atoms with van der Waals surface area (Å²) in [6.07, 6.45) is 7.41. The summed E-state index contributed by atoms with van der Waals surface area (Å²) in [6, 6.07) is 8.49. The number of hydrogen-bond donors (Lipinski definition) is 8. The molecule has 0 fully saturated rings. The van der Waals surface area contributed by atoms with E-state index < -0.39 is 113 Å². The molecule has 4 aromatic rings. The molecule has 79 heavy (non-hydrogen) atoms. The van der Waals surface area contributed by atoms with Crippen LogP contribution in [0.1, 0.15) is 46.4 Å². The Labute approximate surface area is 451 Å². The number of fused-ring (bicyclic) bond motifs is 1. The zero-order chi connectivity index (χ0) is 59.1. The minimum Gasteiger partial charge on any atom is -0.494 e. The van der Waals surface area contributed by atoms with Crippen molar-refractivity contribution in [1.29, 1.82) is 0 Å². The smallest absolute Gasteiger partial charge is 0.388 e. The van der Waals surface area contributed by atoms with Crippen LogP contribution < -0.4 is 44.1 Å². The van der Waals surface area contributed by atoms with Crippen LogP contribution in [0.15, 0.2) is 70.6 Å². The number of aromatic carboxylic acids is 2. The van der Waals surface area contributed by atoms with Crippen molar-refractivity contribution in [2.24, 2.45) is 0 Å². The van der Waals surface area contributed by atoms with Gasteiger partial charge < -0.3 is 44.1 Å². The minimum absolute atomic E-state index is 0.0170. The van der Waals surface area contributed by atoms with Gasteiger partial charge in [-0.05, 0) is 56.0 Å². The maximum absolute atomic E-state index is 14.7. The van der Waals surface area contributed by atoms with Gasteiger partial charge in [-0.3, -0.25) is 39.3 Å². The highest BCUT2D eigenvalue weighted by Gasteiger charge is 2.42. The van der Waals surface area contributed by atoms with Crippen LogP contribution in [-0.4, -0.2) is 131 Å². The SMILES string of the molecule is C#CCN1C(=O)COc2cc(F)c(N3C(=O)C4=C(CCCC4)C3=O)cc21.COc1c(Cl)ccc(Cl)c1C(=O)O.O=C(Nc1nc(OC(F)F)cc(OC(F)F)n1)NS(=O)(=O)c1ccccc1C(=O)O.O=C(O)CNCP(=O)(O)O. The highest BCUT2D eigenvalue weighted by atomic mass is 35.5. The predicted molar refractivity (Wildman–Crippen MR) is 262 cm³/mol. The molecule has 2 aliphatic heterocycles. The van der Waals surface area contributed by atoms with Crippen molar-refractivity contribution < 1.29 is 113 Å². The van der Waals surface area contributed by atoms with Crippen LogP contribution >= 0.6 is 30.8 Å². The number of imide groups is 1. The Kier molecular flexibility index (Phi) is 22.4. The molecule has 7 rings (SSSR count). The van der Waals surface area contributed by atoms with Gasteiger partial charge in [-0.15, -0.1) is 6.42 Å². The number of sulfonamides is 1.